The first-order chi connectivity index (χ1) is 9.91. The van der Waals surface area contributed by atoms with Crippen LogP contribution >= 0.6 is 0 Å². The molecule has 0 aromatic heterocycles. The lowest BCUT2D eigenvalue weighted by molar-refractivity contribution is 0.468. The Labute approximate surface area is 128 Å². The van der Waals surface area contributed by atoms with Gasteiger partial charge in [-0.3, -0.25) is 0 Å². The maximum atomic E-state index is 12.2. The van der Waals surface area contributed by atoms with E-state index in [1.165, 1.54) is 11.1 Å². The summed E-state index contributed by atoms with van der Waals surface area (Å²) in [6, 6.07) is 8.19. The molecule has 1 aliphatic rings. The molecule has 0 aliphatic heterocycles. The van der Waals surface area contributed by atoms with E-state index in [-0.39, 0.29) is 23.5 Å². The fraction of sp³-hybridized carbons (Fsp3) is 0.529. The molecule has 0 heterocycles. The number of nitrogens with one attached hydrogen (secondary N) is 1. The average molecular weight is 305 g/mol. The molecule has 0 fully saturated rings. The minimum absolute atomic E-state index is 0.0550. The van der Waals surface area contributed by atoms with Crippen LogP contribution < -0.4 is 4.72 Å². The Morgan fingerprint density at radius 2 is 1.86 bits per heavy atom. The molecule has 1 aromatic carbocycles. The van der Waals surface area contributed by atoms with Crippen LogP contribution in [0.3, 0.4) is 0 Å². The molecule has 0 radical (unpaired) electrons. The largest absolute Gasteiger partial charge is 0.214 e. The smallest absolute Gasteiger partial charge is 0.211 e. The first kappa shape index (κ1) is 16.1. The van der Waals surface area contributed by atoms with Gasteiger partial charge in [0.05, 0.1) is 5.75 Å². The molecular weight excluding hydrogens is 282 g/mol. The third-order valence-electron chi connectivity index (χ3n) is 4.13. The molecule has 1 aromatic rings. The number of terminal acetylenes is 1. The van der Waals surface area contributed by atoms with Gasteiger partial charge in [-0.2, -0.15) is 0 Å². The molecule has 0 amide bonds. The first-order valence-corrected chi connectivity index (χ1v) is 9.06. The van der Waals surface area contributed by atoms with Crippen molar-refractivity contribution in [1.82, 2.24) is 4.72 Å². The molecule has 4 heteroatoms. The van der Waals surface area contributed by atoms with Gasteiger partial charge in [0.25, 0.3) is 0 Å². The molecule has 2 rings (SSSR count). The molecule has 114 valence electrons. The normalized spacial score (nSPS) is 16.7. The van der Waals surface area contributed by atoms with Crippen LogP contribution in [0.4, 0.5) is 0 Å². The van der Waals surface area contributed by atoms with Crippen molar-refractivity contribution in [3.05, 3.63) is 35.4 Å². The van der Waals surface area contributed by atoms with E-state index in [9.17, 15) is 8.42 Å². The highest BCUT2D eigenvalue weighted by Crippen LogP contribution is 2.27. The van der Waals surface area contributed by atoms with Gasteiger partial charge in [-0.1, -0.05) is 38.1 Å². The second kappa shape index (κ2) is 6.64. The van der Waals surface area contributed by atoms with E-state index in [0.717, 1.165) is 12.8 Å². The summed E-state index contributed by atoms with van der Waals surface area (Å²) < 4.78 is 27.1. The second-order valence-corrected chi connectivity index (χ2v) is 8.04. The summed E-state index contributed by atoms with van der Waals surface area (Å²) in [5, 5.41) is 0. The Bertz CT molecular complexity index is 603. The summed E-state index contributed by atoms with van der Waals surface area (Å²) >= 11 is 0. The van der Waals surface area contributed by atoms with Gasteiger partial charge in [-0.15, -0.1) is 12.3 Å². The summed E-state index contributed by atoms with van der Waals surface area (Å²) in [7, 11) is -3.27. The van der Waals surface area contributed by atoms with Gasteiger partial charge in [0.15, 0.2) is 0 Å². The number of sulfonamides is 1. The van der Waals surface area contributed by atoms with Crippen molar-refractivity contribution >= 4 is 10.0 Å². The van der Waals surface area contributed by atoms with E-state index in [1.807, 2.05) is 26.0 Å². The van der Waals surface area contributed by atoms with E-state index < -0.39 is 10.0 Å². The van der Waals surface area contributed by atoms with E-state index in [1.54, 1.807) is 0 Å². The molecule has 0 saturated heterocycles. The Morgan fingerprint density at radius 1 is 1.29 bits per heavy atom. The van der Waals surface area contributed by atoms with Crippen LogP contribution in [0.5, 0.6) is 0 Å². The fourth-order valence-electron chi connectivity index (χ4n) is 2.84. The third kappa shape index (κ3) is 4.33. The molecule has 1 aliphatic carbocycles. The van der Waals surface area contributed by atoms with Gasteiger partial charge in [-0.05, 0) is 35.8 Å². The minimum atomic E-state index is -3.27. The zero-order chi connectivity index (χ0) is 15.5. The van der Waals surface area contributed by atoms with Gasteiger partial charge in [0, 0.05) is 12.5 Å². The predicted molar refractivity (Wildman–Crippen MR) is 86.3 cm³/mol. The van der Waals surface area contributed by atoms with Crippen molar-refractivity contribution in [2.24, 2.45) is 17.8 Å². The Hall–Kier alpha value is -1.31. The van der Waals surface area contributed by atoms with Gasteiger partial charge in [-0.25, -0.2) is 13.1 Å². The van der Waals surface area contributed by atoms with Crippen LogP contribution in [0.2, 0.25) is 0 Å². The molecule has 0 spiro atoms. The van der Waals surface area contributed by atoms with Crippen LogP contribution in [-0.2, 0) is 22.9 Å². The lowest BCUT2D eigenvalue weighted by atomic mass is 9.97. The van der Waals surface area contributed by atoms with Crippen LogP contribution in [0.25, 0.3) is 0 Å². The molecule has 21 heavy (non-hydrogen) atoms. The highest BCUT2D eigenvalue weighted by atomic mass is 32.2. The zero-order valence-corrected chi connectivity index (χ0v) is 13.5. The van der Waals surface area contributed by atoms with Gasteiger partial charge >= 0.3 is 0 Å². The molecule has 0 bridgehead atoms. The quantitative estimate of drug-likeness (QED) is 0.819. The van der Waals surface area contributed by atoms with E-state index in [0.29, 0.717) is 6.54 Å². The standard InChI is InChI=1S/C17H23NO2S/c1-4-15(13(2)3)11-18-21(19,20)12-14-9-16-7-5-6-8-17(16)10-14/h1,5-8,13-15,18H,9-12H2,2-3H3. The average Bonchev–Trinajstić information content (AvgIpc) is 2.79. The van der Waals surface area contributed by atoms with Crippen molar-refractivity contribution < 1.29 is 8.42 Å². The zero-order valence-electron chi connectivity index (χ0n) is 12.7. The van der Waals surface area contributed by atoms with Gasteiger partial charge < -0.3 is 0 Å². The number of hydrogen-bond acceptors (Lipinski definition) is 2. The topological polar surface area (TPSA) is 46.2 Å². The molecule has 0 saturated carbocycles. The third-order valence-corrected chi connectivity index (χ3v) is 5.65. The van der Waals surface area contributed by atoms with E-state index in [4.69, 9.17) is 6.42 Å². The second-order valence-electron chi connectivity index (χ2n) is 6.19. The maximum Gasteiger partial charge on any atom is 0.211 e. The van der Waals surface area contributed by atoms with Crippen molar-refractivity contribution in [1.29, 1.82) is 0 Å². The highest BCUT2D eigenvalue weighted by Gasteiger charge is 2.26. The van der Waals surface area contributed by atoms with Crippen molar-refractivity contribution in [3.8, 4) is 12.3 Å². The van der Waals surface area contributed by atoms with Crippen molar-refractivity contribution in [2.75, 3.05) is 12.3 Å². The van der Waals surface area contributed by atoms with Crippen LogP contribution in [0.15, 0.2) is 24.3 Å². The van der Waals surface area contributed by atoms with Crippen LogP contribution in [-0.4, -0.2) is 20.7 Å². The molecule has 1 unspecified atom stereocenters. The minimum Gasteiger partial charge on any atom is -0.214 e. The van der Waals surface area contributed by atoms with Crippen molar-refractivity contribution in [2.45, 2.75) is 26.7 Å². The molecule has 1 atom stereocenters. The van der Waals surface area contributed by atoms with E-state index >= 15 is 0 Å². The lowest BCUT2D eigenvalue weighted by Crippen LogP contribution is -2.34. The predicted octanol–water partition coefficient (Wildman–Crippen LogP) is 2.23. The summed E-state index contributed by atoms with van der Waals surface area (Å²) in [5.41, 5.74) is 2.56. The summed E-state index contributed by atoms with van der Waals surface area (Å²) in [5.74, 6) is 3.22. The Kier molecular flexibility index (Phi) is 5.08. The molecule has 3 nitrogen and oxygen atoms in total. The molecular formula is C17H23NO2S. The Balaban J connectivity index is 1.90. The first-order valence-electron chi connectivity index (χ1n) is 7.41. The maximum absolute atomic E-state index is 12.2. The number of benzene rings is 1. The van der Waals surface area contributed by atoms with Crippen LogP contribution in [0.1, 0.15) is 25.0 Å². The fourth-order valence-corrected chi connectivity index (χ4v) is 4.25. The SMILES string of the molecule is C#CC(CNS(=O)(=O)CC1Cc2ccccc2C1)C(C)C. The van der Waals surface area contributed by atoms with Gasteiger partial charge in [0.2, 0.25) is 10.0 Å². The Morgan fingerprint density at radius 3 is 2.33 bits per heavy atom. The number of rotatable bonds is 6. The van der Waals surface area contributed by atoms with E-state index in [2.05, 4.69) is 22.8 Å². The van der Waals surface area contributed by atoms with Gasteiger partial charge in [0.1, 0.15) is 0 Å². The summed E-state index contributed by atoms with van der Waals surface area (Å²) in [4.78, 5) is 0. The highest BCUT2D eigenvalue weighted by molar-refractivity contribution is 7.89. The van der Waals surface area contributed by atoms with Crippen LogP contribution in [0, 0.1) is 30.1 Å². The van der Waals surface area contributed by atoms with Crippen molar-refractivity contribution in [3.63, 3.8) is 0 Å². The monoisotopic (exact) mass is 305 g/mol. The lowest BCUT2D eigenvalue weighted by Gasteiger charge is -2.17. The number of fused-ring (bicyclic) bond motifs is 1. The summed E-state index contributed by atoms with van der Waals surface area (Å²) in [6.07, 6.45) is 7.13. The molecule has 1 N–H and O–H groups in total. The summed E-state index contributed by atoms with van der Waals surface area (Å²) in [6.45, 7) is 4.34. The number of hydrogen-bond donors (Lipinski definition) is 1.